The highest BCUT2D eigenvalue weighted by atomic mass is 15.1. The van der Waals surface area contributed by atoms with Crippen LogP contribution in [0.2, 0.25) is 0 Å². The number of hydrogen-bond donors (Lipinski definition) is 0. The molecular weight excluding hydrogens is 713 g/mol. The summed E-state index contributed by atoms with van der Waals surface area (Å²) in [7, 11) is 0. The first-order chi connectivity index (χ1) is 29.0. The fraction of sp³-hybridized carbons (Fsp3) is 0.0526. The molecule has 0 fully saturated rings. The molecule has 2 heteroatoms. The average molecular weight is 755 g/mol. The molecule has 0 amide bonds. The highest BCUT2D eigenvalue weighted by molar-refractivity contribution is 6.09. The lowest BCUT2D eigenvalue weighted by atomic mass is 9.82. The number of nitrogens with zero attached hydrogens (tertiary/aromatic N) is 2. The molecule has 2 nitrogen and oxygen atoms in total. The van der Waals surface area contributed by atoms with Crippen molar-refractivity contribution in [2.24, 2.45) is 0 Å². The second-order valence-corrected chi connectivity index (χ2v) is 16.2. The Labute approximate surface area is 345 Å². The Morgan fingerprint density at radius 1 is 0.339 bits per heavy atom. The van der Waals surface area contributed by atoms with Gasteiger partial charge >= 0.3 is 0 Å². The number of para-hydroxylation sites is 3. The van der Waals surface area contributed by atoms with Crippen LogP contribution in [-0.2, 0) is 5.41 Å². The zero-order valence-corrected chi connectivity index (χ0v) is 33.2. The van der Waals surface area contributed by atoms with Gasteiger partial charge in [0.25, 0.3) is 0 Å². The first kappa shape index (κ1) is 34.8. The summed E-state index contributed by atoms with van der Waals surface area (Å²) in [5, 5.41) is 2.54. The summed E-state index contributed by atoms with van der Waals surface area (Å²) in [5.41, 5.74) is 19.5. The second kappa shape index (κ2) is 13.9. The number of benzene rings is 9. The van der Waals surface area contributed by atoms with E-state index in [0.717, 1.165) is 17.1 Å². The van der Waals surface area contributed by atoms with E-state index in [0.29, 0.717) is 0 Å². The van der Waals surface area contributed by atoms with Crippen molar-refractivity contribution in [2.45, 2.75) is 19.3 Å². The molecule has 0 bridgehead atoms. The highest BCUT2D eigenvalue weighted by Gasteiger charge is 2.35. The molecule has 0 saturated heterocycles. The van der Waals surface area contributed by atoms with E-state index in [1.807, 2.05) is 0 Å². The molecule has 0 atom stereocenters. The molecule has 1 aliphatic rings. The number of rotatable bonds is 7. The van der Waals surface area contributed by atoms with Crippen LogP contribution in [0.3, 0.4) is 0 Å². The molecule has 11 rings (SSSR count). The van der Waals surface area contributed by atoms with Crippen LogP contribution in [-0.4, -0.2) is 4.57 Å². The van der Waals surface area contributed by atoms with E-state index in [1.165, 1.54) is 83.1 Å². The van der Waals surface area contributed by atoms with Crippen molar-refractivity contribution in [1.82, 2.24) is 4.57 Å². The summed E-state index contributed by atoms with van der Waals surface area (Å²) in [6.45, 7) is 4.70. The molecule has 0 saturated carbocycles. The maximum atomic E-state index is 2.41. The topological polar surface area (TPSA) is 8.17 Å². The molecule has 280 valence electrons. The van der Waals surface area contributed by atoms with Gasteiger partial charge in [-0.15, -0.1) is 0 Å². The van der Waals surface area contributed by atoms with E-state index in [9.17, 15) is 0 Å². The molecule has 0 spiro atoms. The van der Waals surface area contributed by atoms with Crippen molar-refractivity contribution in [3.05, 3.63) is 230 Å². The van der Waals surface area contributed by atoms with Gasteiger partial charge in [0.2, 0.25) is 0 Å². The minimum atomic E-state index is -0.0925. The predicted octanol–water partition coefficient (Wildman–Crippen LogP) is 15.6. The largest absolute Gasteiger partial charge is 0.310 e. The molecule has 9 aromatic carbocycles. The predicted molar refractivity (Wildman–Crippen MR) is 249 cm³/mol. The van der Waals surface area contributed by atoms with Crippen molar-refractivity contribution < 1.29 is 0 Å². The number of hydrogen-bond acceptors (Lipinski definition) is 1. The average Bonchev–Trinajstić information content (AvgIpc) is 3.75. The molecule has 10 aromatic rings. The van der Waals surface area contributed by atoms with E-state index in [4.69, 9.17) is 0 Å². The molecular formula is C57H42N2. The van der Waals surface area contributed by atoms with Gasteiger partial charge in [-0.2, -0.15) is 0 Å². The molecule has 59 heavy (non-hydrogen) atoms. The van der Waals surface area contributed by atoms with Crippen molar-refractivity contribution in [1.29, 1.82) is 0 Å². The fourth-order valence-corrected chi connectivity index (χ4v) is 9.45. The smallest absolute Gasteiger partial charge is 0.0541 e. The summed E-state index contributed by atoms with van der Waals surface area (Å²) >= 11 is 0. The van der Waals surface area contributed by atoms with Gasteiger partial charge in [0.15, 0.2) is 0 Å². The van der Waals surface area contributed by atoms with Gasteiger partial charge in [0.1, 0.15) is 0 Å². The zero-order valence-electron chi connectivity index (χ0n) is 33.2. The normalized spacial score (nSPS) is 12.7. The summed E-state index contributed by atoms with van der Waals surface area (Å²) in [5.74, 6) is 0. The van der Waals surface area contributed by atoms with Gasteiger partial charge in [0.05, 0.1) is 16.7 Å². The van der Waals surface area contributed by atoms with Crippen molar-refractivity contribution in [3.8, 4) is 50.2 Å². The van der Waals surface area contributed by atoms with Crippen LogP contribution in [0.1, 0.15) is 25.0 Å². The number of fused-ring (bicyclic) bond motifs is 6. The summed E-state index contributed by atoms with van der Waals surface area (Å²) in [6, 6.07) is 79.7. The first-order valence-corrected chi connectivity index (χ1v) is 20.5. The third-order valence-electron chi connectivity index (χ3n) is 12.4. The van der Waals surface area contributed by atoms with Crippen molar-refractivity contribution in [3.63, 3.8) is 0 Å². The Morgan fingerprint density at radius 2 is 0.780 bits per heavy atom. The van der Waals surface area contributed by atoms with Crippen LogP contribution in [0.5, 0.6) is 0 Å². The highest BCUT2D eigenvalue weighted by Crippen LogP contribution is 2.50. The maximum Gasteiger partial charge on any atom is 0.0541 e. The number of aromatic nitrogens is 1. The third kappa shape index (κ3) is 5.79. The SMILES string of the molecule is CC1(C)c2ccccc2-c2ccc(N(c3ccc(-c4ccccc4)cc3)c3ccc(-c4ccc(-c5ccccc5-n5c6ccccc6c6ccccc65)cc4)cc3)cc21. The Bertz CT molecular complexity index is 3100. The van der Waals surface area contributed by atoms with Crippen LogP contribution >= 0.6 is 0 Å². The quantitative estimate of drug-likeness (QED) is 0.157. The standard InChI is InChI=1S/C57H42N2/c1-57(2)52-20-10-6-17-48(52)49-37-36-46(38-53(49)57)58(44-32-28-41(29-33-44)39-14-4-3-5-15-39)45-34-30-42(31-35-45)40-24-26-43(27-25-40)47-16-7-11-21-54(47)59-55-22-12-8-18-50(55)51-19-9-13-23-56(51)59/h3-38H,1-2H3. The molecule has 0 N–H and O–H groups in total. The molecule has 0 radical (unpaired) electrons. The monoisotopic (exact) mass is 754 g/mol. The third-order valence-corrected chi connectivity index (χ3v) is 12.4. The minimum Gasteiger partial charge on any atom is -0.310 e. The van der Waals surface area contributed by atoms with Gasteiger partial charge < -0.3 is 9.47 Å². The van der Waals surface area contributed by atoms with E-state index in [2.05, 4.69) is 242 Å². The van der Waals surface area contributed by atoms with Gasteiger partial charge in [-0.05, 0) is 105 Å². The first-order valence-electron chi connectivity index (χ1n) is 20.5. The Balaban J connectivity index is 0.951. The molecule has 0 unspecified atom stereocenters. The van der Waals surface area contributed by atoms with Gasteiger partial charge in [-0.25, -0.2) is 0 Å². The Morgan fingerprint density at radius 3 is 1.41 bits per heavy atom. The summed E-state index contributed by atoms with van der Waals surface area (Å²) < 4.78 is 2.41. The summed E-state index contributed by atoms with van der Waals surface area (Å²) in [4.78, 5) is 2.40. The van der Waals surface area contributed by atoms with Crippen LogP contribution in [0.4, 0.5) is 17.1 Å². The Kier molecular flexibility index (Phi) is 8.20. The summed E-state index contributed by atoms with van der Waals surface area (Å²) in [6.07, 6.45) is 0. The van der Waals surface area contributed by atoms with E-state index in [-0.39, 0.29) is 5.41 Å². The van der Waals surface area contributed by atoms with Crippen molar-refractivity contribution in [2.75, 3.05) is 4.90 Å². The molecule has 1 aliphatic carbocycles. The van der Waals surface area contributed by atoms with E-state index in [1.54, 1.807) is 0 Å². The Hall–Kier alpha value is -7.42. The lowest BCUT2D eigenvalue weighted by molar-refractivity contribution is 0.660. The van der Waals surface area contributed by atoms with E-state index >= 15 is 0 Å². The second-order valence-electron chi connectivity index (χ2n) is 16.2. The number of anilines is 3. The van der Waals surface area contributed by atoms with Crippen LogP contribution in [0.15, 0.2) is 218 Å². The molecule has 0 aliphatic heterocycles. The molecule has 1 aromatic heterocycles. The minimum absolute atomic E-state index is 0.0925. The van der Waals surface area contributed by atoms with Gasteiger partial charge in [-0.3, -0.25) is 0 Å². The van der Waals surface area contributed by atoms with E-state index < -0.39 is 0 Å². The lowest BCUT2D eigenvalue weighted by Crippen LogP contribution is -2.16. The van der Waals surface area contributed by atoms with Gasteiger partial charge in [0, 0.05) is 38.8 Å². The van der Waals surface area contributed by atoms with Gasteiger partial charge in [-0.1, -0.05) is 178 Å². The van der Waals surface area contributed by atoms with Crippen LogP contribution < -0.4 is 4.90 Å². The fourth-order valence-electron chi connectivity index (χ4n) is 9.45. The van der Waals surface area contributed by atoms with Crippen LogP contribution in [0, 0.1) is 0 Å². The molecule has 1 heterocycles. The van der Waals surface area contributed by atoms with Crippen LogP contribution in [0.25, 0.3) is 72.0 Å². The maximum absolute atomic E-state index is 2.41. The lowest BCUT2D eigenvalue weighted by Gasteiger charge is -2.28. The van der Waals surface area contributed by atoms with Crippen molar-refractivity contribution >= 4 is 38.9 Å². The zero-order chi connectivity index (χ0) is 39.5.